The monoisotopic (exact) mass is 724 g/mol. The Morgan fingerprint density at radius 2 is 1.05 bits per heavy atom. The van der Waals surface area contributed by atoms with Gasteiger partial charge in [0.05, 0.1) is 0 Å². The van der Waals surface area contributed by atoms with Gasteiger partial charge in [-0.3, -0.25) is 0 Å². The van der Waals surface area contributed by atoms with E-state index >= 15 is 0 Å². The smallest absolute Gasteiger partial charge is 1.00 e. The quantitative estimate of drug-likeness (QED) is 0.258. The van der Waals surface area contributed by atoms with Crippen LogP contribution in [0.1, 0.15) is 151 Å². The van der Waals surface area contributed by atoms with Crippen LogP contribution in [0.3, 0.4) is 0 Å². The molecule has 0 unspecified atom stereocenters. The van der Waals surface area contributed by atoms with Crippen molar-refractivity contribution in [2.75, 3.05) is 0 Å². The minimum absolute atomic E-state index is 0. The van der Waals surface area contributed by atoms with Crippen molar-refractivity contribution in [3.63, 3.8) is 0 Å². The zero-order chi connectivity index (χ0) is 29.5. The molecule has 6 rings (SSSR count). The van der Waals surface area contributed by atoms with Crippen molar-refractivity contribution >= 4 is 5.43 Å². The summed E-state index contributed by atoms with van der Waals surface area (Å²) in [5.41, 5.74) is 11.7. The fourth-order valence-electron chi connectivity index (χ4n) is 8.63. The number of fused-ring (bicyclic) bond motifs is 3. The summed E-state index contributed by atoms with van der Waals surface area (Å²) < 4.78 is 2.69. The van der Waals surface area contributed by atoms with Crippen LogP contribution < -0.4 is 24.8 Å². The number of benzene rings is 2. The summed E-state index contributed by atoms with van der Waals surface area (Å²) in [4.78, 5) is 0. The van der Waals surface area contributed by atoms with Crippen LogP contribution in [-0.2, 0) is 31.2 Å². The molecular weight excluding hydrogens is 671 g/mol. The molecule has 0 heterocycles. The second kappa shape index (κ2) is 15.2. The average molecular weight is 727 g/mol. The molecule has 0 radical (unpaired) electrons. The molecular formula is C40H56Cl2SiZr. The Hall–Kier alpha value is -0.400. The third kappa shape index (κ3) is 7.66. The number of allylic oxidation sites excluding steroid dienone is 4. The van der Waals surface area contributed by atoms with E-state index in [0.29, 0.717) is 3.63 Å². The number of hydrogen-bond acceptors (Lipinski definition) is 0. The standard InChI is InChI=1S/C21H25.C14H26Si.C5H5.2ClH.Zr/c1-20(2,3)16-9-7-14-11-15-8-10-17(21(4,5)6)13-19(15)18(14)12-16;1-2-6-10-13(9-5-1)15-14-11-7-3-4-8-12-14;1-2-4-5-3-1;;;/h7-13H,1-6H3;13-14H,1-12H2;1-3H,4H2;2*1H;/q;;;;;+2/p-2. The average Bonchev–Trinajstić information content (AvgIpc) is 3.36. The summed E-state index contributed by atoms with van der Waals surface area (Å²) in [6, 6.07) is 15.6. The molecule has 4 aliphatic rings. The molecule has 0 amide bonds. The Labute approximate surface area is 290 Å². The fraction of sp³-hybridized carbons (Fsp3) is 0.600. The summed E-state index contributed by atoms with van der Waals surface area (Å²) in [6.45, 7) is 14.4. The van der Waals surface area contributed by atoms with Gasteiger partial charge >= 0.3 is 268 Å². The summed E-state index contributed by atoms with van der Waals surface area (Å²) >= 11 is -2.18. The Bertz CT molecular complexity index is 1300. The van der Waals surface area contributed by atoms with E-state index in [1.165, 1.54) is 68.9 Å². The third-order valence-electron chi connectivity index (χ3n) is 11.1. The molecule has 2 fully saturated rings. The van der Waals surface area contributed by atoms with Crippen molar-refractivity contribution in [3.8, 4) is 11.1 Å². The fourth-order valence-corrected chi connectivity index (χ4v) is 37.0. The second-order valence-electron chi connectivity index (χ2n) is 16.1. The molecule has 0 spiro atoms. The molecule has 2 aromatic rings. The number of hydrogen-bond donors (Lipinski definition) is 0. The molecule has 0 aliphatic heterocycles. The molecule has 0 saturated heterocycles. The van der Waals surface area contributed by atoms with E-state index in [-0.39, 0.29) is 35.6 Å². The van der Waals surface area contributed by atoms with E-state index in [2.05, 4.69) is 96.2 Å². The van der Waals surface area contributed by atoms with Crippen LogP contribution in [0.15, 0.2) is 57.9 Å². The topological polar surface area (TPSA) is 0 Å². The summed E-state index contributed by atoms with van der Waals surface area (Å²) in [5.74, 6) is 0. The van der Waals surface area contributed by atoms with Gasteiger partial charge < -0.3 is 24.8 Å². The Kier molecular flexibility index (Phi) is 12.6. The van der Waals surface area contributed by atoms with Gasteiger partial charge in [0.2, 0.25) is 0 Å². The third-order valence-corrected chi connectivity index (χ3v) is 34.4. The van der Waals surface area contributed by atoms with Crippen LogP contribution in [0, 0.1) is 0 Å². The van der Waals surface area contributed by atoms with Crippen molar-refractivity contribution in [1.82, 2.24) is 0 Å². The van der Waals surface area contributed by atoms with E-state index < -0.39 is 25.8 Å². The molecule has 2 saturated carbocycles. The molecule has 0 nitrogen and oxygen atoms in total. The molecule has 0 bridgehead atoms. The van der Waals surface area contributed by atoms with Gasteiger partial charge in [0.15, 0.2) is 0 Å². The van der Waals surface area contributed by atoms with Crippen molar-refractivity contribution in [2.24, 2.45) is 0 Å². The van der Waals surface area contributed by atoms with Gasteiger partial charge in [-0.15, -0.1) is 0 Å². The molecule has 0 aromatic heterocycles. The van der Waals surface area contributed by atoms with Crippen LogP contribution in [-0.4, -0.2) is 5.43 Å². The van der Waals surface area contributed by atoms with Gasteiger partial charge in [-0.05, 0) is 0 Å². The van der Waals surface area contributed by atoms with E-state index in [4.69, 9.17) is 0 Å². The van der Waals surface area contributed by atoms with Crippen molar-refractivity contribution in [3.05, 3.63) is 80.2 Å². The van der Waals surface area contributed by atoms with Gasteiger partial charge in [0.25, 0.3) is 0 Å². The van der Waals surface area contributed by atoms with Gasteiger partial charge in [0, 0.05) is 0 Å². The van der Waals surface area contributed by atoms with Crippen LogP contribution >= 0.6 is 0 Å². The van der Waals surface area contributed by atoms with Crippen LogP contribution in [0.4, 0.5) is 0 Å². The Balaban J connectivity index is 0.00000221. The molecule has 4 aliphatic carbocycles. The first-order valence-corrected chi connectivity index (χ1v) is 25.5. The summed E-state index contributed by atoms with van der Waals surface area (Å²) in [7, 11) is 0. The van der Waals surface area contributed by atoms with E-state index in [9.17, 15) is 0 Å². The second-order valence-corrected chi connectivity index (χ2v) is 31.1. The predicted octanol–water partition coefficient (Wildman–Crippen LogP) is 6.26. The first-order chi connectivity index (χ1) is 20.1. The van der Waals surface area contributed by atoms with Crippen molar-refractivity contribution in [1.29, 1.82) is 0 Å². The van der Waals surface area contributed by atoms with Crippen LogP contribution in [0.25, 0.3) is 11.1 Å². The SMILES string of the molecule is CC(C)(C)c1ccc2c(c1)-c1cc(C(C)(C)C)ccc1[CH]2[Zr+2]([C]1=CC=CC1)=[Si](C1CCCCCC1)C1CCCCCC1.[Cl-].[Cl-]. The summed E-state index contributed by atoms with van der Waals surface area (Å²) in [6.07, 6.45) is 27.0. The van der Waals surface area contributed by atoms with Gasteiger partial charge in [-0.25, -0.2) is 0 Å². The molecule has 2 aromatic carbocycles. The normalized spacial score (nSPS) is 19.4. The van der Waals surface area contributed by atoms with Crippen LogP contribution in [0.5, 0.6) is 0 Å². The molecule has 44 heavy (non-hydrogen) atoms. The molecule has 238 valence electrons. The zero-order valence-electron chi connectivity index (χ0n) is 28.4. The minimum Gasteiger partial charge on any atom is -1.00 e. The van der Waals surface area contributed by atoms with Crippen molar-refractivity contribution in [2.45, 2.75) is 151 Å². The van der Waals surface area contributed by atoms with Gasteiger partial charge in [-0.2, -0.15) is 0 Å². The first kappa shape index (κ1) is 36.4. The Morgan fingerprint density at radius 3 is 1.41 bits per heavy atom. The molecule has 4 heteroatoms. The first-order valence-electron chi connectivity index (χ1n) is 17.5. The predicted molar refractivity (Wildman–Crippen MR) is 182 cm³/mol. The summed E-state index contributed by atoms with van der Waals surface area (Å²) in [5, 5.41) is 0. The number of rotatable bonds is 4. The van der Waals surface area contributed by atoms with E-state index in [1.54, 1.807) is 47.9 Å². The maximum atomic E-state index is 2.66. The van der Waals surface area contributed by atoms with Gasteiger partial charge in [-0.1, -0.05) is 0 Å². The van der Waals surface area contributed by atoms with Crippen LogP contribution in [0.2, 0.25) is 11.1 Å². The molecule has 0 atom stereocenters. The largest absolute Gasteiger partial charge is 1.00 e. The number of halogens is 2. The molecule has 0 N–H and O–H groups in total. The zero-order valence-corrected chi connectivity index (χ0v) is 33.3. The Morgan fingerprint density at radius 1 is 0.614 bits per heavy atom. The van der Waals surface area contributed by atoms with Crippen molar-refractivity contribution < 1.29 is 45.2 Å². The van der Waals surface area contributed by atoms with E-state index in [0.717, 1.165) is 11.1 Å². The van der Waals surface area contributed by atoms with E-state index in [1.807, 2.05) is 3.28 Å². The maximum absolute atomic E-state index is 2.66. The minimum atomic E-state index is -2.18. The maximum Gasteiger partial charge on any atom is -1.00 e. The van der Waals surface area contributed by atoms with Gasteiger partial charge in [0.1, 0.15) is 0 Å².